The van der Waals surface area contributed by atoms with Crippen LogP contribution in [0.4, 0.5) is 5.69 Å². The molecule has 4 nitrogen and oxygen atoms in total. The zero-order valence-corrected chi connectivity index (χ0v) is 19.4. The second-order valence-corrected chi connectivity index (χ2v) is 11.1. The predicted molar refractivity (Wildman–Crippen MR) is 123 cm³/mol. The van der Waals surface area contributed by atoms with Crippen molar-refractivity contribution in [2.45, 2.75) is 65.3 Å². The lowest BCUT2D eigenvalue weighted by molar-refractivity contribution is -0.141. The molecule has 1 heterocycles. The van der Waals surface area contributed by atoms with Crippen LogP contribution < -0.4 is 5.32 Å². The lowest BCUT2D eigenvalue weighted by Gasteiger charge is -2.60. The molecule has 4 heteroatoms. The van der Waals surface area contributed by atoms with E-state index in [9.17, 15) is 9.59 Å². The molecule has 0 aromatic heterocycles. The number of nitrogens with one attached hydrogen (secondary N) is 1. The minimum Gasteiger partial charge on any atom is -0.338 e. The number of fused-ring (bicyclic) bond motifs is 5. The summed E-state index contributed by atoms with van der Waals surface area (Å²) in [7, 11) is 1.98. The van der Waals surface area contributed by atoms with Gasteiger partial charge < -0.3 is 10.2 Å². The quantitative estimate of drug-likeness (QED) is 0.716. The second kappa shape index (κ2) is 7.21. The van der Waals surface area contributed by atoms with Gasteiger partial charge in [0.1, 0.15) is 0 Å². The summed E-state index contributed by atoms with van der Waals surface area (Å²) in [5.41, 5.74) is 2.26. The molecule has 2 amide bonds. The molecular formula is C27H36N2O2. The molecule has 3 fully saturated rings. The fourth-order valence-electron chi connectivity index (χ4n) is 8.04. The number of carbonyl (C=O) groups is 2. The zero-order chi connectivity index (χ0) is 22.0. The van der Waals surface area contributed by atoms with Gasteiger partial charge in [-0.05, 0) is 86.8 Å². The van der Waals surface area contributed by atoms with E-state index in [4.69, 9.17) is 0 Å². The highest BCUT2D eigenvalue weighted by molar-refractivity contribution is 5.93. The van der Waals surface area contributed by atoms with Gasteiger partial charge in [-0.25, -0.2) is 0 Å². The van der Waals surface area contributed by atoms with Crippen molar-refractivity contribution in [3.63, 3.8) is 0 Å². The second-order valence-electron chi connectivity index (χ2n) is 11.1. The van der Waals surface area contributed by atoms with Crippen molar-refractivity contribution in [2.75, 3.05) is 12.4 Å². The third-order valence-corrected chi connectivity index (χ3v) is 9.76. The number of anilines is 1. The third-order valence-electron chi connectivity index (χ3n) is 9.76. The lowest BCUT2D eigenvalue weighted by Crippen LogP contribution is -2.59. The maximum absolute atomic E-state index is 13.3. The molecular weight excluding hydrogens is 384 g/mol. The van der Waals surface area contributed by atoms with E-state index in [1.165, 1.54) is 12.0 Å². The number of rotatable bonds is 2. The van der Waals surface area contributed by atoms with Crippen LogP contribution in [0, 0.1) is 41.4 Å². The molecule has 1 aromatic carbocycles. The Morgan fingerprint density at radius 1 is 1.03 bits per heavy atom. The van der Waals surface area contributed by atoms with Gasteiger partial charge in [-0.15, -0.1) is 0 Å². The first-order valence-corrected chi connectivity index (χ1v) is 12.1. The van der Waals surface area contributed by atoms with Crippen molar-refractivity contribution in [2.24, 2.45) is 34.5 Å². The summed E-state index contributed by atoms with van der Waals surface area (Å²) in [6.07, 6.45) is 10.7. The fourth-order valence-corrected chi connectivity index (χ4v) is 8.04. The summed E-state index contributed by atoms with van der Waals surface area (Å²) >= 11 is 0. The van der Waals surface area contributed by atoms with E-state index in [1.807, 2.05) is 24.1 Å². The standard InChI is InChI=1S/C27H36N2O2/c1-17-5-7-18(8-6-17)28-25(31)22-11-10-20-19-9-12-23-27(3,16-14-24(30)29(23)4)21(19)13-15-26(20,22)2/h5-8,14,16,19-23H,9-13,15H2,1-4H3,(H,28,31)/t19-,20-,21-,22+,23+,26-,27+/m0/s1. The summed E-state index contributed by atoms with van der Waals surface area (Å²) in [4.78, 5) is 27.6. The number of benzene rings is 1. The maximum atomic E-state index is 13.3. The van der Waals surface area contributed by atoms with Crippen molar-refractivity contribution in [3.05, 3.63) is 42.0 Å². The van der Waals surface area contributed by atoms with Crippen molar-refractivity contribution >= 4 is 17.5 Å². The van der Waals surface area contributed by atoms with Crippen LogP contribution in [-0.4, -0.2) is 29.8 Å². The average molecular weight is 421 g/mol. The highest BCUT2D eigenvalue weighted by atomic mass is 16.2. The third kappa shape index (κ3) is 3.08. The Balaban J connectivity index is 1.37. The first-order chi connectivity index (χ1) is 14.7. The van der Waals surface area contributed by atoms with E-state index in [0.717, 1.165) is 37.8 Å². The van der Waals surface area contributed by atoms with E-state index in [2.05, 4.69) is 44.3 Å². The molecule has 5 rings (SSSR count). The molecule has 3 saturated carbocycles. The van der Waals surface area contributed by atoms with E-state index in [-0.39, 0.29) is 28.6 Å². The Kier molecular flexibility index (Phi) is 4.84. The average Bonchev–Trinajstić information content (AvgIpc) is 3.10. The van der Waals surface area contributed by atoms with Gasteiger partial charge in [-0.3, -0.25) is 9.59 Å². The minimum absolute atomic E-state index is 0.0646. The van der Waals surface area contributed by atoms with Gasteiger partial charge in [0.15, 0.2) is 0 Å². The molecule has 1 N–H and O–H groups in total. The van der Waals surface area contributed by atoms with Crippen molar-refractivity contribution in [1.29, 1.82) is 0 Å². The van der Waals surface area contributed by atoms with Crippen LogP contribution in [0.25, 0.3) is 0 Å². The van der Waals surface area contributed by atoms with Crippen LogP contribution in [0.15, 0.2) is 36.4 Å². The lowest BCUT2D eigenvalue weighted by atomic mass is 9.47. The number of hydrogen-bond acceptors (Lipinski definition) is 2. The summed E-state index contributed by atoms with van der Waals surface area (Å²) in [5.74, 6) is 2.31. The van der Waals surface area contributed by atoms with E-state index in [1.54, 1.807) is 6.08 Å². The van der Waals surface area contributed by atoms with Gasteiger partial charge in [0.25, 0.3) is 0 Å². The number of hydrogen-bond donors (Lipinski definition) is 1. The Hall–Kier alpha value is -2.10. The van der Waals surface area contributed by atoms with Crippen LogP contribution in [0.3, 0.4) is 0 Å². The number of carbonyl (C=O) groups excluding carboxylic acids is 2. The number of nitrogens with zero attached hydrogens (tertiary/aromatic N) is 1. The molecule has 7 atom stereocenters. The SMILES string of the molecule is Cc1ccc(NC(=O)[C@H]2CC[C@H]3[C@@H]4CC[C@H]5N(C)C(=O)C=C[C@]5(C)[C@H]4CC[C@]23C)cc1. The largest absolute Gasteiger partial charge is 0.338 e. The molecule has 0 spiro atoms. The highest BCUT2D eigenvalue weighted by Gasteiger charge is 2.61. The molecule has 0 unspecified atom stereocenters. The zero-order valence-electron chi connectivity index (χ0n) is 19.4. The molecule has 166 valence electrons. The van der Waals surface area contributed by atoms with Crippen LogP contribution in [0.2, 0.25) is 0 Å². The topological polar surface area (TPSA) is 49.4 Å². The van der Waals surface area contributed by atoms with Gasteiger partial charge >= 0.3 is 0 Å². The monoisotopic (exact) mass is 420 g/mol. The molecule has 0 radical (unpaired) electrons. The molecule has 1 aromatic rings. The summed E-state index contributed by atoms with van der Waals surface area (Å²) in [5, 5.41) is 3.21. The van der Waals surface area contributed by atoms with Gasteiger partial charge in [0, 0.05) is 30.1 Å². The molecule has 4 aliphatic rings. The maximum Gasteiger partial charge on any atom is 0.246 e. The van der Waals surface area contributed by atoms with Crippen LogP contribution in [0.5, 0.6) is 0 Å². The Morgan fingerprint density at radius 2 is 1.77 bits per heavy atom. The van der Waals surface area contributed by atoms with E-state index >= 15 is 0 Å². The van der Waals surface area contributed by atoms with Crippen molar-refractivity contribution < 1.29 is 9.59 Å². The Labute approximate surface area is 186 Å². The number of aryl methyl sites for hydroxylation is 1. The van der Waals surface area contributed by atoms with Gasteiger partial charge in [0.05, 0.1) is 0 Å². The molecule has 0 bridgehead atoms. The fraction of sp³-hybridized carbons (Fsp3) is 0.630. The smallest absolute Gasteiger partial charge is 0.246 e. The molecule has 1 aliphatic heterocycles. The van der Waals surface area contributed by atoms with Gasteiger partial charge in [-0.1, -0.05) is 37.6 Å². The first-order valence-electron chi connectivity index (χ1n) is 12.1. The van der Waals surface area contributed by atoms with Crippen LogP contribution in [0.1, 0.15) is 57.9 Å². The van der Waals surface area contributed by atoms with Crippen molar-refractivity contribution in [3.8, 4) is 0 Å². The van der Waals surface area contributed by atoms with Gasteiger partial charge in [0.2, 0.25) is 11.8 Å². The Morgan fingerprint density at radius 3 is 2.52 bits per heavy atom. The normalized spacial score (nSPS) is 41.4. The Bertz CT molecular complexity index is 922. The first kappa shape index (κ1) is 20.8. The summed E-state index contributed by atoms with van der Waals surface area (Å²) in [6.45, 7) is 6.84. The predicted octanol–water partition coefficient (Wildman–Crippen LogP) is 5.19. The van der Waals surface area contributed by atoms with E-state index < -0.39 is 0 Å². The number of amides is 2. The summed E-state index contributed by atoms with van der Waals surface area (Å²) < 4.78 is 0. The molecule has 0 saturated heterocycles. The van der Waals surface area contributed by atoms with E-state index in [0.29, 0.717) is 23.8 Å². The van der Waals surface area contributed by atoms with Gasteiger partial charge in [-0.2, -0.15) is 0 Å². The summed E-state index contributed by atoms with van der Waals surface area (Å²) in [6, 6.07) is 8.44. The molecule has 3 aliphatic carbocycles. The van der Waals surface area contributed by atoms with Crippen LogP contribution >= 0.6 is 0 Å². The number of likely N-dealkylation sites (N-methyl/N-ethyl adjacent to an activating group) is 1. The minimum atomic E-state index is 0.0646. The molecule has 31 heavy (non-hydrogen) atoms. The van der Waals surface area contributed by atoms with Crippen molar-refractivity contribution in [1.82, 2.24) is 4.90 Å². The highest BCUT2D eigenvalue weighted by Crippen LogP contribution is 2.65. The van der Waals surface area contributed by atoms with Crippen LogP contribution in [-0.2, 0) is 9.59 Å².